The molecule has 2 rings (SSSR count). The minimum atomic E-state index is -0.311. The summed E-state index contributed by atoms with van der Waals surface area (Å²) >= 11 is 11.8. The van der Waals surface area contributed by atoms with Crippen molar-refractivity contribution >= 4 is 40.5 Å². The molecule has 0 fully saturated rings. The molecule has 2 aromatic rings. The van der Waals surface area contributed by atoms with Crippen molar-refractivity contribution < 1.29 is 9.53 Å². The largest absolute Gasteiger partial charge is 0.492 e. The third-order valence-corrected chi connectivity index (χ3v) is 3.30. The first-order chi connectivity index (χ1) is 10.0. The number of nitrogen functional groups attached to an aromatic ring is 1. The van der Waals surface area contributed by atoms with E-state index in [2.05, 4.69) is 5.32 Å². The number of nitrogens with two attached hydrogens (primary N) is 1. The number of benzene rings is 2. The third-order valence-electron chi connectivity index (χ3n) is 2.75. The number of nitrogens with one attached hydrogen (secondary N) is 1. The fraction of sp³-hybridized carbons (Fsp3) is 0.133. The van der Waals surface area contributed by atoms with E-state index in [4.69, 9.17) is 33.7 Å². The average molecular weight is 325 g/mol. The Balaban J connectivity index is 2.18. The van der Waals surface area contributed by atoms with Gasteiger partial charge in [0.1, 0.15) is 5.75 Å². The number of carbonyl (C=O) groups is 1. The Morgan fingerprint density at radius 1 is 1.24 bits per heavy atom. The van der Waals surface area contributed by atoms with Gasteiger partial charge in [0.15, 0.2) is 0 Å². The van der Waals surface area contributed by atoms with Crippen LogP contribution in [0.5, 0.6) is 5.75 Å². The quantitative estimate of drug-likeness (QED) is 0.827. The Bertz CT molecular complexity index is 675. The van der Waals surface area contributed by atoms with Gasteiger partial charge in [-0.05, 0) is 43.3 Å². The van der Waals surface area contributed by atoms with Crippen LogP contribution in [-0.4, -0.2) is 12.5 Å². The number of halogens is 2. The monoisotopic (exact) mass is 324 g/mol. The first-order valence-electron chi connectivity index (χ1n) is 6.30. The molecule has 0 spiro atoms. The highest BCUT2D eigenvalue weighted by Crippen LogP contribution is 2.27. The Hall–Kier alpha value is -1.91. The van der Waals surface area contributed by atoms with Crippen LogP contribution >= 0.6 is 23.2 Å². The maximum atomic E-state index is 12.2. The van der Waals surface area contributed by atoms with Crippen molar-refractivity contribution in [1.82, 2.24) is 0 Å². The van der Waals surface area contributed by atoms with Gasteiger partial charge in [-0.2, -0.15) is 0 Å². The minimum absolute atomic E-state index is 0.311. The molecule has 1 amide bonds. The first kappa shape index (κ1) is 15.5. The summed E-state index contributed by atoms with van der Waals surface area (Å²) in [6.45, 7) is 2.37. The molecule has 0 unspecified atom stereocenters. The molecule has 0 bridgehead atoms. The highest BCUT2D eigenvalue weighted by molar-refractivity contribution is 6.36. The highest BCUT2D eigenvalue weighted by atomic mass is 35.5. The van der Waals surface area contributed by atoms with Crippen LogP contribution in [0, 0.1) is 0 Å². The second kappa shape index (κ2) is 6.70. The Morgan fingerprint density at radius 2 is 2.00 bits per heavy atom. The molecule has 0 aliphatic carbocycles. The number of anilines is 2. The highest BCUT2D eigenvalue weighted by Gasteiger charge is 2.11. The molecule has 4 nitrogen and oxygen atoms in total. The lowest BCUT2D eigenvalue weighted by molar-refractivity contribution is 0.102. The first-order valence-corrected chi connectivity index (χ1v) is 7.05. The summed E-state index contributed by atoms with van der Waals surface area (Å²) in [5, 5.41) is 3.58. The third kappa shape index (κ3) is 3.80. The summed E-state index contributed by atoms with van der Waals surface area (Å²) in [6, 6.07) is 9.71. The maximum Gasteiger partial charge on any atom is 0.255 e. The number of hydrogen-bond acceptors (Lipinski definition) is 3. The van der Waals surface area contributed by atoms with Gasteiger partial charge in [0.05, 0.1) is 23.0 Å². The van der Waals surface area contributed by atoms with Gasteiger partial charge in [0, 0.05) is 10.6 Å². The Kier molecular flexibility index (Phi) is 4.94. The fourth-order valence-electron chi connectivity index (χ4n) is 1.76. The fourth-order valence-corrected chi connectivity index (χ4v) is 2.22. The van der Waals surface area contributed by atoms with Crippen LogP contribution in [0.15, 0.2) is 36.4 Å². The van der Waals surface area contributed by atoms with Crippen LogP contribution in [0.1, 0.15) is 17.3 Å². The van der Waals surface area contributed by atoms with Crippen molar-refractivity contribution in [2.45, 2.75) is 6.92 Å². The van der Waals surface area contributed by atoms with E-state index < -0.39 is 0 Å². The number of ether oxygens (including phenoxy) is 1. The zero-order chi connectivity index (χ0) is 15.4. The Labute approximate surface area is 132 Å². The molecule has 0 heterocycles. The van der Waals surface area contributed by atoms with Crippen molar-refractivity contribution in [3.8, 4) is 5.75 Å². The smallest absolute Gasteiger partial charge is 0.255 e. The molecule has 0 aliphatic heterocycles. The van der Waals surface area contributed by atoms with E-state index in [1.54, 1.807) is 36.4 Å². The van der Waals surface area contributed by atoms with Gasteiger partial charge in [-0.3, -0.25) is 4.79 Å². The van der Waals surface area contributed by atoms with E-state index in [1.807, 2.05) is 6.92 Å². The molecule has 0 aliphatic rings. The van der Waals surface area contributed by atoms with Gasteiger partial charge < -0.3 is 15.8 Å². The van der Waals surface area contributed by atoms with Gasteiger partial charge in [0.2, 0.25) is 0 Å². The molecular weight excluding hydrogens is 311 g/mol. The number of amides is 1. The van der Waals surface area contributed by atoms with Crippen LogP contribution in [0.4, 0.5) is 11.4 Å². The lowest BCUT2D eigenvalue weighted by Gasteiger charge is -2.10. The normalized spacial score (nSPS) is 10.2. The SMILES string of the molecule is CCOc1ccc(C(=O)Nc2ccc(Cl)cc2Cl)cc1N. The second-order valence-electron chi connectivity index (χ2n) is 4.26. The van der Waals surface area contributed by atoms with Crippen LogP contribution in [-0.2, 0) is 0 Å². The van der Waals surface area contributed by atoms with Gasteiger partial charge in [-0.15, -0.1) is 0 Å². The average Bonchev–Trinajstić information content (AvgIpc) is 2.44. The molecule has 2 aromatic carbocycles. The number of hydrogen-bond donors (Lipinski definition) is 2. The van der Waals surface area contributed by atoms with Crippen LogP contribution < -0.4 is 15.8 Å². The molecule has 0 atom stereocenters. The molecule has 0 saturated carbocycles. The zero-order valence-electron chi connectivity index (χ0n) is 11.3. The minimum Gasteiger partial charge on any atom is -0.492 e. The van der Waals surface area contributed by atoms with Crippen LogP contribution in [0.2, 0.25) is 10.0 Å². The standard InChI is InChI=1S/C15H14Cl2N2O2/c1-2-21-14-6-3-9(7-12(14)18)15(20)19-13-5-4-10(16)8-11(13)17/h3-8H,2,18H2,1H3,(H,19,20). The van der Waals surface area contributed by atoms with E-state index in [-0.39, 0.29) is 5.91 Å². The molecule has 6 heteroatoms. The van der Waals surface area contributed by atoms with Crippen molar-refractivity contribution in [3.05, 3.63) is 52.0 Å². The topological polar surface area (TPSA) is 64.3 Å². The van der Waals surface area contributed by atoms with E-state index in [0.717, 1.165) is 0 Å². The molecule has 110 valence electrons. The van der Waals surface area contributed by atoms with Gasteiger partial charge in [-0.1, -0.05) is 23.2 Å². The molecule has 21 heavy (non-hydrogen) atoms. The van der Waals surface area contributed by atoms with Gasteiger partial charge >= 0.3 is 0 Å². The summed E-state index contributed by atoms with van der Waals surface area (Å²) in [6.07, 6.45) is 0. The lowest BCUT2D eigenvalue weighted by atomic mass is 10.1. The van der Waals surface area contributed by atoms with E-state index >= 15 is 0 Å². The van der Waals surface area contributed by atoms with Crippen LogP contribution in [0.3, 0.4) is 0 Å². The van der Waals surface area contributed by atoms with Gasteiger partial charge in [0.25, 0.3) is 5.91 Å². The summed E-state index contributed by atoms with van der Waals surface area (Å²) in [5.74, 6) is 0.243. The lowest BCUT2D eigenvalue weighted by Crippen LogP contribution is -2.12. The maximum absolute atomic E-state index is 12.2. The summed E-state index contributed by atoms with van der Waals surface area (Å²) in [7, 11) is 0. The number of rotatable bonds is 4. The molecule has 3 N–H and O–H groups in total. The summed E-state index contributed by atoms with van der Waals surface area (Å²) in [4.78, 5) is 12.2. The van der Waals surface area contributed by atoms with Gasteiger partial charge in [-0.25, -0.2) is 0 Å². The predicted molar refractivity (Wildman–Crippen MR) is 86.4 cm³/mol. The van der Waals surface area contributed by atoms with Crippen molar-refractivity contribution in [2.24, 2.45) is 0 Å². The molecule has 0 saturated heterocycles. The predicted octanol–water partition coefficient (Wildman–Crippen LogP) is 4.23. The Morgan fingerprint density at radius 3 is 2.62 bits per heavy atom. The van der Waals surface area contributed by atoms with E-state index in [0.29, 0.717) is 39.3 Å². The molecule has 0 aromatic heterocycles. The molecular formula is C15H14Cl2N2O2. The number of carbonyl (C=O) groups excluding carboxylic acids is 1. The second-order valence-corrected chi connectivity index (χ2v) is 5.11. The van der Waals surface area contributed by atoms with Crippen molar-refractivity contribution in [3.63, 3.8) is 0 Å². The molecule has 0 radical (unpaired) electrons. The summed E-state index contributed by atoms with van der Waals surface area (Å²) < 4.78 is 5.33. The van der Waals surface area contributed by atoms with E-state index in [1.165, 1.54) is 0 Å². The van der Waals surface area contributed by atoms with Crippen molar-refractivity contribution in [1.29, 1.82) is 0 Å². The van der Waals surface area contributed by atoms with Crippen LogP contribution in [0.25, 0.3) is 0 Å². The summed E-state index contributed by atoms with van der Waals surface area (Å²) in [5.41, 5.74) is 7.15. The van der Waals surface area contributed by atoms with Crippen molar-refractivity contribution in [2.75, 3.05) is 17.7 Å². The van der Waals surface area contributed by atoms with E-state index in [9.17, 15) is 4.79 Å². The zero-order valence-corrected chi connectivity index (χ0v) is 12.8.